The van der Waals surface area contributed by atoms with Crippen molar-refractivity contribution in [3.05, 3.63) is 35.4 Å². The molecule has 0 saturated heterocycles. The van der Waals surface area contributed by atoms with E-state index < -0.39 is 0 Å². The van der Waals surface area contributed by atoms with Crippen LogP contribution in [0.15, 0.2) is 24.3 Å². The molecule has 1 aromatic rings. The van der Waals surface area contributed by atoms with Crippen LogP contribution in [0.4, 0.5) is 0 Å². The number of unbranched alkanes of at least 4 members (excludes halogenated alkanes) is 1. The van der Waals surface area contributed by atoms with Crippen molar-refractivity contribution in [1.29, 1.82) is 0 Å². The minimum Gasteiger partial charge on any atom is -0.384 e. The maximum atomic E-state index is 6.42. The lowest BCUT2D eigenvalue weighted by Crippen LogP contribution is -2.21. The molecular formula is C17H29NO. The molecule has 2 unspecified atom stereocenters. The van der Waals surface area contributed by atoms with Gasteiger partial charge < -0.3 is 10.5 Å². The molecule has 0 aliphatic rings. The van der Waals surface area contributed by atoms with Crippen LogP contribution in [0.2, 0.25) is 0 Å². The van der Waals surface area contributed by atoms with E-state index in [1.54, 1.807) is 7.11 Å². The predicted molar refractivity (Wildman–Crippen MR) is 82.3 cm³/mol. The highest BCUT2D eigenvalue weighted by Crippen LogP contribution is 2.27. The standard InChI is InChI=1S/C17H29NO/c1-4-6-7-15(5-2)17(18)16-10-8-14(9-11-16)12-13-19-3/h8-11,15,17H,4-7,12-13,18H2,1-3H3. The Hall–Kier alpha value is -0.860. The van der Waals surface area contributed by atoms with E-state index in [0.717, 1.165) is 19.4 Å². The number of benzene rings is 1. The second kappa shape index (κ2) is 9.11. The van der Waals surface area contributed by atoms with Crippen LogP contribution in [0.25, 0.3) is 0 Å². The summed E-state index contributed by atoms with van der Waals surface area (Å²) >= 11 is 0. The second-order valence-corrected chi connectivity index (χ2v) is 5.32. The van der Waals surface area contributed by atoms with E-state index in [2.05, 4.69) is 38.1 Å². The molecule has 2 atom stereocenters. The third-order valence-corrected chi connectivity index (χ3v) is 3.92. The lowest BCUT2D eigenvalue weighted by Gasteiger charge is -2.23. The Kier molecular flexibility index (Phi) is 7.76. The molecule has 0 aromatic heterocycles. The first-order valence-corrected chi connectivity index (χ1v) is 7.56. The average Bonchev–Trinajstić information content (AvgIpc) is 2.46. The maximum Gasteiger partial charge on any atom is 0.0502 e. The number of rotatable bonds is 9. The van der Waals surface area contributed by atoms with E-state index in [0.29, 0.717) is 5.92 Å². The molecule has 0 fully saturated rings. The van der Waals surface area contributed by atoms with E-state index >= 15 is 0 Å². The summed E-state index contributed by atoms with van der Waals surface area (Å²) in [7, 11) is 1.74. The zero-order valence-corrected chi connectivity index (χ0v) is 12.7. The van der Waals surface area contributed by atoms with Crippen molar-refractivity contribution in [2.75, 3.05) is 13.7 Å². The van der Waals surface area contributed by atoms with Gasteiger partial charge in [0.1, 0.15) is 0 Å². The number of hydrogen-bond donors (Lipinski definition) is 1. The van der Waals surface area contributed by atoms with E-state index in [1.807, 2.05) is 0 Å². The van der Waals surface area contributed by atoms with Crippen molar-refractivity contribution in [3.8, 4) is 0 Å². The largest absolute Gasteiger partial charge is 0.384 e. The van der Waals surface area contributed by atoms with Crippen LogP contribution >= 0.6 is 0 Å². The lowest BCUT2D eigenvalue weighted by atomic mass is 9.87. The molecule has 0 radical (unpaired) electrons. The molecule has 1 rings (SSSR count). The minimum atomic E-state index is 0.174. The fourth-order valence-electron chi connectivity index (χ4n) is 2.50. The summed E-state index contributed by atoms with van der Waals surface area (Å²) in [6, 6.07) is 8.91. The second-order valence-electron chi connectivity index (χ2n) is 5.32. The molecule has 19 heavy (non-hydrogen) atoms. The molecule has 0 saturated carbocycles. The summed E-state index contributed by atoms with van der Waals surface area (Å²) in [5.74, 6) is 0.602. The Labute approximate surface area is 118 Å². The Balaban J connectivity index is 2.62. The highest BCUT2D eigenvalue weighted by molar-refractivity contribution is 5.25. The summed E-state index contributed by atoms with van der Waals surface area (Å²) in [5, 5.41) is 0. The van der Waals surface area contributed by atoms with Crippen molar-refractivity contribution >= 4 is 0 Å². The highest BCUT2D eigenvalue weighted by Gasteiger charge is 2.17. The molecule has 0 aliphatic carbocycles. The SMILES string of the molecule is CCCCC(CC)C(N)c1ccc(CCOC)cc1. The van der Waals surface area contributed by atoms with Gasteiger partial charge in [0.25, 0.3) is 0 Å². The quantitative estimate of drug-likeness (QED) is 0.728. The maximum absolute atomic E-state index is 6.42. The summed E-state index contributed by atoms with van der Waals surface area (Å²) in [6.07, 6.45) is 5.89. The fraction of sp³-hybridized carbons (Fsp3) is 0.647. The normalized spacial score (nSPS) is 14.3. The Bertz CT molecular complexity index is 334. The molecule has 0 amide bonds. The third-order valence-electron chi connectivity index (χ3n) is 3.92. The van der Waals surface area contributed by atoms with Gasteiger partial charge in [-0.2, -0.15) is 0 Å². The van der Waals surface area contributed by atoms with Crippen molar-refractivity contribution < 1.29 is 4.74 Å². The average molecular weight is 263 g/mol. The third kappa shape index (κ3) is 5.33. The van der Waals surface area contributed by atoms with Gasteiger partial charge in [-0.15, -0.1) is 0 Å². The molecule has 0 spiro atoms. The van der Waals surface area contributed by atoms with E-state index in [-0.39, 0.29) is 6.04 Å². The molecule has 0 aliphatic heterocycles. The molecule has 2 N–H and O–H groups in total. The van der Waals surface area contributed by atoms with Gasteiger partial charge >= 0.3 is 0 Å². The molecule has 2 heteroatoms. The Morgan fingerprint density at radius 1 is 1.16 bits per heavy atom. The van der Waals surface area contributed by atoms with E-state index in [4.69, 9.17) is 10.5 Å². The smallest absolute Gasteiger partial charge is 0.0502 e. The number of hydrogen-bond acceptors (Lipinski definition) is 2. The van der Waals surface area contributed by atoms with Crippen molar-refractivity contribution in [3.63, 3.8) is 0 Å². The molecule has 0 bridgehead atoms. The van der Waals surface area contributed by atoms with Gasteiger partial charge in [0.05, 0.1) is 6.61 Å². The summed E-state index contributed by atoms with van der Waals surface area (Å²) in [6.45, 7) is 5.26. The Morgan fingerprint density at radius 2 is 1.84 bits per heavy atom. The van der Waals surface area contributed by atoms with Crippen LogP contribution in [0.5, 0.6) is 0 Å². The van der Waals surface area contributed by atoms with Crippen LogP contribution in [0.1, 0.15) is 56.7 Å². The molecule has 1 aromatic carbocycles. The molecule has 108 valence electrons. The molecular weight excluding hydrogens is 234 g/mol. The minimum absolute atomic E-state index is 0.174. The molecule has 2 nitrogen and oxygen atoms in total. The van der Waals surface area contributed by atoms with Crippen molar-refractivity contribution in [2.45, 2.75) is 52.0 Å². The number of nitrogens with two attached hydrogens (primary N) is 1. The van der Waals surface area contributed by atoms with Crippen LogP contribution in [-0.4, -0.2) is 13.7 Å². The number of methoxy groups -OCH3 is 1. The van der Waals surface area contributed by atoms with Gasteiger partial charge in [-0.05, 0) is 29.9 Å². The van der Waals surface area contributed by atoms with Gasteiger partial charge in [0.15, 0.2) is 0 Å². The molecule has 0 heterocycles. The number of ether oxygens (including phenoxy) is 1. The summed E-state index contributed by atoms with van der Waals surface area (Å²) < 4.78 is 5.10. The summed E-state index contributed by atoms with van der Waals surface area (Å²) in [5.41, 5.74) is 9.00. The Morgan fingerprint density at radius 3 is 2.37 bits per heavy atom. The van der Waals surface area contributed by atoms with Crippen LogP contribution in [-0.2, 0) is 11.2 Å². The van der Waals surface area contributed by atoms with Crippen molar-refractivity contribution in [2.24, 2.45) is 11.7 Å². The fourth-order valence-corrected chi connectivity index (χ4v) is 2.50. The lowest BCUT2D eigenvalue weighted by molar-refractivity contribution is 0.202. The first-order chi connectivity index (χ1) is 9.22. The predicted octanol–water partition coefficient (Wildman–Crippen LogP) is 4.09. The van der Waals surface area contributed by atoms with Gasteiger partial charge in [-0.25, -0.2) is 0 Å². The van der Waals surface area contributed by atoms with Gasteiger partial charge in [0.2, 0.25) is 0 Å². The van der Waals surface area contributed by atoms with Gasteiger partial charge in [0, 0.05) is 13.2 Å². The van der Waals surface area contributed by atoms with Crippen molar-refractivity contribution in [1.82, 2.24) is 0 Å². The topological polar surface area (TPSA) is 35.2 Å². The highest BCUT2D eigenvalue weighted by atomic mass is 16.5. The van der Waals surface area contributed by atoms with E-state index in [1.165, 1.54) is 30.4 Å². The first-order valence-electron chi connectivity index (χ1n) is 7.56. The monoisotopic (exact) mass is 263 g/mol. The zero-order chi connectivity index (χ0) is 14.1. The van der Waals surface area contributed by atoms with Crippen LogP contribution in [0.3, 0.4) is 0 Å². The van der Waals surface area contributed by atoms with E-state index in [9.17, 15) is 0 Å². The van der Waals surface area contributed by atoms with Crippen LogP contribution in [0, 0.1) is 5.92 Å². The first kappa shape index (κ1) is 16.2. The summed E-state index contributed by atoms with van der Waals surface area (Å²) in [4.78, 5) is 0. The van der Waals surface area contributed by atoms with Crippen LogP contribution < -0.4 is 5.73 Å². The van der Waals surface area contributed by atoms with Gasteiger partial charge in [-0.1, -0.05) is 57.4 Å². The zero-order valence-electron chi connectivity index (χ0n) is 12.7. The van der Waals surface area contributed by atoms with Gasteiger partial charge in [-0.3, -0.25) is 0 Å².